The van der Waals surface area contributed by atoms with Crippen LogP contribution in [0.2, 0.25) is 0 Å². The number of hydrogen-bond acceptors (Lipinski definition) is 6. The van der Waals surface area contributed by atoms with Crippen LogP contribution in [0.4, 0.5) is 0 Å². The third-order valence-corrected chi connectivity index (χ3v) is 5.94. The molecule has 1 aliphatic rings. The molecule has 7 nitrogen and oxygen atoms in total. The van der Waals surface area contributed by atoms with Crippen LogP contribution >= 0.6 is 15.9 Å². The molecule has 168 valence electrons. The molecular weight excluding hydrogens is 478 g/mol. The van der Waals surface area contributed by atoms with Gasteiger partial charge < -0.3 is 28.3 Å². The zero-order valence-corrected chi connectivity index (χ0v) is 19.7. The Hall–Kier alpha value is -3.13. The fourth-order valence-electron chi connectivity index (χ4n) is 3.93. The number of hydrogen-bond donors (Lipinski definition) is 0. The lowest BCUT2D eigenvalue weighted by Crippen LogP contribution is -2.42. The minimum atomic E-state index is -0.361. The molecular formula is C24H24BrNO6. The molecule has 1 aliphatic heterocycles. The van der Waals surface area contributed by atoms with Crippen molar-refractivity contribution in [3.63, 3.8) is 0 Å². The van der Waals surface area contributed by atoms with Gasteiger partial charge in [0, 0.05) is 6.54 Å². The molecule has 0 unspecified atom stereocenters. The first-order valence-electron chi connectivity index (χ1n) is 10.1. The predicted molar refractivity (Wildman–Crippen MR) is 122 cm³/mol. The molecule has 0 N–H and O–H groups in total. The summed E-state index contributed by atoms with van der Waals surface area (Å²) < 4.78 is 28.6. The van der Waals surface area contributed by atoms with Crippen LogP contribution in [0.15, 0.2) is 57.6 Å². The first kappa shape index (κ1) is 22.1. The zero-order valence-electron chi connectivity index (χ0n) is 18.1. The third-order valence-electron chi connectivity index (χ3n) is 5.51. The van der Waals surface area contributed by atoms with E-state index in [1.54, 1.807) is 38.4 Å². The Morgan fingerprint density at radius 1 is 1.00 bits per heavy atom. The van der Waals surface area contributed by atoms with E-state index in [-0.39, 0.29) is 24.3 Å². The number of nitrogens with zero attached hydrogens (tertiary/aromatic N) is 1. The summed E-state index contributed by atoms with van der Waals surface area (Å²) in [7, 11) is 4.80. The van der Waals surface area contributed by atoms with E-state index in [4.69, 9.17) is 23.4 Å². The maximum absolute atomic E-state index is 13.3. The van der Waals surface area contributed by atoms with Gasteiger partial charge in [-0.05, 0) is 69.9 Å². The number of benzene rings is 2. The summed E-state index contributed by atoms with van der Waals surface area (Å²) in [4.78, 5) is 15.1. The lowest BCUT2D eigenvalue weighted by Gasteiger charge is -2.37. The van der Waals surface area contributed by atoms with Gasteiger partial charge >= 0.3 is 0 Å². The number of carbonyl (C=O) groups is 1. The van der Waals surface area contributed by atoms with Gasteiger partial charge in [0.05, 0.1) is 27.4 Å². The van der Waals surface area contributed by atoms with E-state index in [0.29, 0.717) is 40.6 Å². The van der Waals surface area contributed by atoms with Crippen molar-refractivity contribution in [3.8, 4) is 23.0 Å². The first-order valence-corrected chi connectivity index (χ1v) is 10.9. The van der Waals surface area contributed by atoms with E-state index in [2.05, 4.69) is 15.9 Å². The lowest BCUT2D eigenvalue weighted by molar-refractivity contribution is 0.0554. The number of rotatable bonds is 7. The second kappa shape index (κ2) is 9.56. The molecule has 1 aromatic heterocycles. The van der Waals surface area contributed by atoms with Gasteiger partial charge in [0.2, 0.25) is 0 Å². The Balaban J connectivity index is 1.71. The molecule has 0 spiro atoms. The highest BCUT2D eigenvalue weighted by molar-refractivity contribution is 9.10. The molecule has 0 fully saturated rings. The van der Waals surface area contributed by atoms with Crippen LogP contribution in [0.1, 0.15) is 27.7 Å². The lowest BCUT2D eigenvalue weighted by atomic mass is 9.92. The highest BCUT2D eigenvalue weighted by atomic mass is 79.9. The van der Waals surface area contributed by atoms with E-state index >= 15 is 0 Å². The first-order chi connectivity index (χ1) is 15.5. The van der Waals surface area contributed by atoms with Crippen molar-refractivity contribution in [3.05, 3.63) is 70.1 Å². The van der Waals surface area contributed by atoms with Crippen molar-refractivity contribution in [2.24, 2.45) is 0 Å². The summed E-state index contributed by atoms with van der Waals surface area (Å²) in [6.07, 6.45) is 0.675. The van der Waals surface area contributed by atoms with E-state index in [1.807, 2.05) is 36.4 Å². The summed E-state index contributed by atoms with van der Waals surface area (Å²) in [5.74, 6) is 2.56. The van der Waals surface area contributed by atoms with Gasteiger partial charge in [0.25, 0.3) is 5.91 Å². The van der Waals surface area contributed by atoms with Gasteiger partial charge in [0.15, 0.2) is 33.4 Å². The number of para-hydroxylation sites is 2. The van der Waals surface area contributed by atoms with Gasteiger partial charge in [-0.25, -0.2) is 0 Å². The molecule has 3 aromatic rings. The summed E-state index contributed by atoms with van der Waals surface area (Å²) in [6.45, 7) is 0.746. The molecule has 2 aromatic carbocycles. The van der Waals surface area contributed by atoms with Gasteiger partial charge in [-0.3, -0.25) is 4.79 Å². The monoisotopic (exact) mass is 501 g/mol. The highest BCUT2D eigenvalue weighted by Gasteiger charge is 2.34. The van der Waals surface area contributed by atoms with Crippen molar-refractivity contribution < 1.29 is 28.2 Å². The molecule has 0 bridgehead atoms. The molecule has 4 rings (SSSR count). The standard InChI is InChI=1S/C24H24BrNO6/c1-28-18-6-4-5-7-19(18)31-14-17-16-13-22(30-3)21(29-2)12-15(16)10-11-26(17)24(27)20-8-9-23(25)32-20/h4-9,12-13,17H,10-11,14H2,1-3H3/t17-/m1/s1. The van der Waals surface area contributed by atoms with Crippen molar-refractivity contribution in [1.82, 2.24) is 4.90 Å². The number of halogens is 1. The second-order valence-corrected chi connectivity index (χ2v) is 8.02. The van der Waals surface area contributed by atoms with Crippen LogP contribution in [0.5, 0.6) is 23.0 Å². The van der Waals surface area contributed by atoms with Crippen molar-refractivity contribution in [2.45, 2.75) is 12.5 Å². The normalized spacial score (nSPS) is 15.1. The molecule has 8 heteroatoms. The van der Waals surface area contributed by atoms with Crippen LogP contribution < -0.4 is 18.9 Å². The molecule has 0 saturated heterocycles. The number of furan rings is 1. The number of ether oxygens (including phenoxy) is 4. The molecule has 1 atom stereocenters. The smallest absolute Gasteiger partial charge is 0.290 e. The average molecular weight is 502 g/mol. The minimum Gasteiger partial charge on any atom is -0.493 e. The number of amides is 1. The Morgan fingerprint density at radius 3 is 2.34 bits per heavy atom. The Kier molecular flexibility index (Phi) is 6.60. The zero-order chi connectivity index (χ0) is 22.7. The largest absolute Gasteiger partial charge is 0.493 e. The Morgan fingerprint density at radius 2 is 1.69 bits per heavy atom. The Bertz CT molecular complexity index is 1110. The van der Waals surface area contributed by atoms with Crippen molar-refractivity contribution >= 4 is 21.8 Å². The molecule has 1 amide bonds. The SMILES string of the molecule is COc1cc2c(cc1OC)[C@@H](COc1ccccc1OC)N(C(=O)c1ccc(Br)o1)CC2. The summed E-state index contributed by atoms with van der Waals surface area (Å²) in [5, 5.41) is 0. The summed E-state index contributed by atoms with van der Waals surface area (Å²) in [6, 6.07) is 14.3. The van der Waals surface area contributed by atoms with Gasteiger partial charge in [-0.2, -0.15) is 0 Å². The predicted octanol–water partition coefficient (Wildman–Crippen LogP) is 4.89. The van der Waals surface area contributed by atoms with Crippen LogP contribution in [-0.4, -0.2) is 45.3 Å². The third kappa shape index (κ3) is 4.27. The second-order valence-electron chi connectivity index (χ2n) is 7.24. The maximum atomic E-state index is 13.3. The molecule has 0 aliphatic carbocycles. The number of methoxy groups -OCH3 is 3. The average Bonchev–Trinajstić information content (AvgIpc) is 3.27. The van der Waals surface area contributed by atoms with Gasteiger partial charge in [-0.1, -0.05) is 12.1 Å². The minimum absolute atomic E-state index is 0.204. The van der Waals surface area contributed by atoms with Crippen molar-refractivity contribution in [1.29, 1.82) is 0 Å². The van der Waals surface area contributed by atoms with Crippen LogP contribution in [0, 0.1) is 0 Å². The fourth-order valence-corrected chi connectivity index (χ4v) is 4.24. The molecule has 0 radical (unpaired) electrons. The quantitative estimate of drug-likeness (QED) is 0.459. The number of fused-ring (bicyclic) bond motifs is 1. The number of carbonyl (C=O) groups excluding carboxylic acids is 1. The molecule has 2 heterocycles. The van der Waals surface area contributed by atoms with Crippen molar-refractivity contribution in [2.75, 3.05) is 34.5 Å². The van der Waals surface area contributed by atoms with E-state index < -0.39 is 0 Å². The highest BCUT2D eigenvalue weighted by Crippen LogP contribution is 2.39. The summed E-state index contributed by atoms with van der Waals surface area (Å²) >= 11 is 3.27. The van der Waals surface area contributed by atoms with E-state index in [0.717, 1.165) is 11.1 Å². The van der Waals surface area contributed by atoms with E-state index in [1.165, 1.54) is 0 Å². The molecule has 32 heavy (non-hydrogen) atoms. The van der Waals surface area contributed by atoms with Gasteiger partial charge in [-0.15, -0.1) is 0 Å². The Labute approximate surface area is 194 Å². The van der Waals surface area contributed by atoms with Crippen LogP contribution in [0.25, 0.3) is 0 Å². The topological polar surface area (TPSA) is 70.4 Å². The summed E-state index contributed by atoms with van der Waals surface area (Å²) in [5.41, 5.74) is 2.03. The fraction of sp³-hybridized carbons (Fsp3) is 0.292. The van der Waals surface area contributed by atoms with Crippen LogP contribution in [0.3, 0.4) is 0 Å². The van der Waals surface area contributed by atoms with E-state index in [9.17, 15) is 4.79 Å². The molecule has 0 saturated carbocycles. The maximum Gasteiger partial charge on any atom is 0.290 e. The van der Waals surface area contributed by atoms with Crippen LogP contribution in [-0.2, 0) is 6.42 Å². The van der Waals surface area contributed by atoms with Gasteiger partial charge in [0.1, 0.15) is 6.61 Å².